The standard InChI is InChI=1S/C14H17NO4/c1-9-5-10(2)7-12(6-9)15-11(3-4-13(16)17)8-19-14(15)18/h5-7,11H,3-4,8H2,1-2H3,(H,16,17). The van der Waals surface area contributed by atoms with E-state index >= 15 is 0 Å². The number of carbonyl (C=O) groups is 2. The fraction of sp³-hybridized carbons (Fsp3) is 0.429. The van der Waals surface area contributed by atoms with Crippen molar-refractivity contribution in [3.05, 3.63) is 29.3 Å². The molecule has 1 aliphatic heterocycles. The molecule has 0 saturated carbocycles. The van der Waals surface area contributed by atoms with Crippen molar-refractivity contribution in [3.8, 4) is 0 Å². The number of carboxylic acids is 1. The molecule has 2 rings (SSSR count). The van der Waals surface area contributed by atoms with Gasteiger partial charge in [0, 0.05) is 12.1 Å². The predicted molar refractivity (Wildman–Crippen MR) is 70.4 cm³/mol. The van der Waals surface area contributed by atoms with Crippen LogP contribution in [0.2, 0.25) is 0 Å². The summed E-state index contributed by atoms with van der Waals surface area (Å²) in [6.45, 7) is 4.17. The number of hydrogen-bond donors (Lipinski definition) is 1. The van der Waals surface area contributed by atoms with Crippen molar-refractivity contribution in [1.29, 1.82) is 0 Å². The molecule has 5 heteroatoms. The van der Waals surface area contributed by atoms with Gasteiger partial charge >= 0.3 is 12.1 Å². The van der Waals surface area contributed by atoms with Crippen LogP contribution in [-0.2, 0) is 9.53 Å². The minimum absolute atomic E-state index is 0.0304. The van der Waals surface area contributed by atoms with E-state index < -0.39 is 12.1 Å². The number of rotatable bonds is 4. The molecular formula is C14H17NO4. The van der Waals surface area contributed by atoms with E-state index in [4.69, 9.17) is 9.84 Å². The Morgan fingerprint density at radius 3 is 2.58 bits per heavy atom. The molecule has 1 unspecified atom stereocenters. The van der Waals surface area contributed by atoms with Crippen LogP contribution in [-0.4, -0.2) is 29.8 Å². The number of benzene rings is 1. The van der Waals surface area contributed by atoms with Crippen LogP contribution in [0, 0.1) is 13.8 Å². The first-order chi connectivity index (χ1) is 8.97. The molecular weight excluding hydrogens is 246 g/mol. The van der Waals surface area contributed by atoms with Crippen molar-refractivity contribution in [2.75, 3.05) is 11.5 Å². The first-order valence-electron chi connectivity index (χ1n) is 6.23. The van der Waals surface area contributed by atoms with Crippen LogP contribution in [0.25, 0.3) is 0 Å². The van der Waals surface area contributed by atoms with E-state index in [1.165, 1.54) is 0 Å². The summed E-state index contributed by atoms with van der Waals surface area (Å²) < 4.78 is 5.04. The van der Waals surface area contributed by atoms with E-state index in [1.807, 2.05) is 32.0 Å². The van der Waals surface area contributed by atoms with Crippen LogP contribution in [0.4, 0.5) is 10.5 Å². The Bertz CT molecular complexity index is 492. The third-order valence-electron chi connectivity index (χ3n) is 3.14. The maximum atomic E-state index is 11.8. The van der Waals surface area contributed by atoms with Crippen LogP contribution >= 0.6 is 0 Å². The zero-order chi connectivity index (χ0) is 14.0. The Morgan fingerprint density at radius 2 is 2.00 bits per heavy atom. The van der Waals surface area contributed by atoms with Gasteiger partial charge in [-0.05, 0) is 43.5 Å². The third-order valence-corrected chi connectivity index (χ3v) is 3.14. The molecule has 1 amide bonds. The van der Waals surface area contributed by atoms with E-state index in [0.717, 1.165) is 16.8 Å². The summed E-state index contributed by atoms with van der Waals surface area (Å²) in [5, 5.41) is 8.74. The number of anilines is 1. The van der Waals surface area contributed by atoms with Gasteiger partial charge in [-0.3, -0.25) is 9.69 Å². The fourth-order valence-electron chi connectivity index (χ4n) is 2.37. The van der Waals surface area contributed by atoms with Crippen LogP contribution in [0.5, 0.6) is 0 Å². The first kappa shape index (κ1) is 13.4. The van der Waals surface area contributed by atoms with Gasteiger partial charge in [-0.2, -0.15) is 0 Å². The van der Waals surface area contributed by atoms with Gasteiger partial charge in [0.1, 0.15) is 6.61 Å². The van der Waals surface area contributed by atoms with Gasteiger partial charge < -0.3 is 9.84 Å². The molecule has 0 aliphatic carbocycles. The monoisotopic (exact) mass is 263 g/mol. The Labute approximate surface area is 111 Å². The summed E-state index contributed by atoms with van der Waals surface area (Å²) in [5.41, 5.74) is 2.90. The van der Waals surface area contributed by atoms with Crippen molar-refractivity contribution in [3.63, 3.8) is 0 Å². The predicted octanol–water partition coefficient (Wildman–Crippen LogP) is 2.49. The Kier molecular flexibility index (Phi) is 3.74. The molecule has 1 fully saturated rings. The lowest BCUT2D eigenvalue weighted by Crippen LogP contribution is -2.33. The summed E-state index contributed by atoms with van der Waals surface area (Å²) >= 11 is 0. The van der Waals surface area contributed by atoms with Crippen LogP contribution < -0.4 is 4.90 Å². The maximum absolute atomic E-state index is 11.8. The van der Waals surface area contributed by atoms with Gasteiger partial charge in [0.05, 0.1) is 6.04 Å². The highest BCUT2D eigenvalue weighted by molar-refractivity contribution is 5.90. The molecule has 1 atom stereocenters. The van der Waals surface area contributed by atoms with E-state index in [9.17, 15) is 9.59 Å². The molecule has 1 heterocycles. The van der Waals surface area contributed by atoms with Crippen molar-refractivity contribution in [2.45, 2.75) is 32.7 Å². The molecule has 0 aromatic heterocycles. The minimum atomic E-state index is -0.861. The highest BCUT2D eigenvalue weighted by Gasteiger charge is 2.34. The molecule has 1 N–H and O–H groups in total. The average Bonchev–Trinajstić information content (AvgIpc) is 2.66. The number of aryl methyl sites for hydroxylation is 2. The molecule has 1 aromatic rings. The van der Waals surface area contributed by atoms with Gasteiger partial charge in [0.2, 0.25) is 0 Å². The smallest absolute Gasteiger partial charge is 0.414 e. The normalized spacial score (nSPS) is 18.5. The van der Waals surface area contributed by atoms with Crippen LogP contribution in [0.15, 0.2) is 18.2 Å². The van der Waals surface area contributed by atoms with Gasteiger partial charge in [-0.15, -0.1) is 0 Å². The molecule has 0 bridgehead atoms. The summed E-state index contributed by atoms with van der Waals surface area (Å²) in [6.07, 6.45) is 0.0248. The van der Waals surface area contributed by atoms with Crippen molar-refractivity contribution < 1.29 is 19.4 Å². The van der Waals surface area contributed by atoms with E-state index in [1.54, 1.807) is 4.90 Å². The average molecular weight is 263 g/mol. The summed E-state index contributed by atoms with van der Waals surface area (Å²) in [5.74, 6) is -0.861. The summed E-state index contributed by atoms with van der Waals surface area (Å²) in [6, 6.07) is 5.64. The number of carboxylic acid groups (broad SMARTS) is 1. The molecule has 1 aliphatic rings. The number of ether oxygens (including phenoxy) is 1. The van der Waals surface area contributed by atoms with Gasteiger partial charge in [0.25, 0.3) is 0 Å². The number of nitrogens with zero attached hydrogens (tertiary/aromatic N) is 1. The summed E-state index contributed by atoms with van der Waals surface area (Å²) in [4.78, 5) is 24.0. The van der Waals surface area contributed by atoms with Gasteiger partial charge in [-0.1, -0.05) is 6.07 Å². The Balaban J connectivity index is 2.23. The number of cyclic esters (lactones) is 1. The van der Waals surface area contributed by atoms with E-state index in [-0.39, 0.29) is 19.1 Å². The molecule has 0 spiro atoms. The lowest BCUT2D eigenvalue weighted by Gasteiger charge is -2.21. The Morgan fingerprint density at radius 1 is 1.37 bits per heavy atom. The quantitative estimate of drug-likeness (QED) is 0.906. The summed E-state index contributed by atoms with van der Waals surface area (Å²) in [7, 11) is 0. The van der Waals surface area contributed by atoms with Crippen LogP contribution in [0.1, 0.15) is 24.0 Å². The number of aliphatic carboxylic acids is 1. The maximum Gasteiger partial charge on any atom is 0.414 e. The zero-order valence-corrected chi connectivity index (χ0v) is 11.0. The minimum Gasteiger partial charge on any atom is -0.481 e. The highest BCUT2D eigenvalue weighted by atomic mass is 16.6. The van der Waals surface area contributed by atoms with E-state index in [0.29, 0.717) is 6.42 Å². The number of amides is 1. The Hall–Kier alpha value is -2.04. The highest BCUT2D eigenvalue weighted by Crippen LogP contribution is 2.27. The number of hydrogen-bond acceptors (Lipinski definition) is 3. The number of carbonyl (C=O) groups excluding carboxylic acids is 1. The molecule has 19 heavy (non-hydrogen) atoms. The molecule has 5 nitrogen and oxygen atoms in total. The van der Waals surface area contributed by atoms with Gasteiger partial charge in [0.15, 0.2) is 0 Å². The van der Waals surface area contributed by atoms with E-state index in [2.05, 4.69) is 0 Å². The second-order valence-corrected chi connectivity index (χ2v) is 4.88. The second kappa shape index (κ2) is 5.30. The largest absolute Gasteiger partial charge is 0.481 e. The molecule has 0 radical (unpaired) electrons. The van der Waals surface area contributed by atoms with Crippen molar-refractivity contribution in [1.82, 2.24) is 0 Å². The molecule has 1 aromatic carbocycles. The SMILES string of the molecule is Cc1cc(C)cc(N2C(=O)OCC2CCC(=O)O)c1. The van der Waals surface area contributed by atoms with Crippen LogP contribution in [0.3, 0.4) is 0 Å². The molecule has 1 saturated heterocycles. The van der Waals surface area contributed by atoms with Crippen molar-refractivity contribution in [2.24, 2.45) is 0 Å². The fourth-order valence-corrected chi connectivity index (χ4v) is 2.37. The first-order valence-corrected chi connectivity index (χ1v) is 6.23. The zero-order valence-electron chi connectivity index (χ0n) is 11.0. The van der Waals surface area contributed by atoms with Crippen molar-refractivity contribution >= 4 is 17.7 Å². The second-order valence-electron chi connectivity index (χ2n) is 4.88. The topological polar surface area (TPSA) is 66.8 Å². The van der Waals surface area contributed by atoms with Gasteiger partial charge in [-0.25, -0.2) is 4.79 Å². The lowest BCUT2D eigenvalue weighted by atomic mass is 10.1. The third kappa shape index (κ3) is 3.05. The molecule has 102 valence electrons. The lowest BCUT2D eigenvalue weighted by molar-refractivity contribution is -0.137.